The number of rotatable bonds is 7. The van der Waals surface area contributed by atoms with Crippen molar-refractivity contribution in [1.82, 2.24) is 0 Å². The van der Waals surface area contributed by atoms with Gasteiger partial charge in [-0.2, -0.15) is 0 Å². The van der Waals surface area contributed by atoms with E-state index in [2.05, 4.69) is 30.3 Å². The van der Waals surface area contributed by atoms with Crippen LogP contribution in [0.15, 0.2) is 71.9 Å². The van der Waals surface area contributed by atoms with Gasteiger partial charge in [0.15, 0.2) is 0 Å². The maximum atomic E-state index is 6.34. The molecule has 0 spiro atoms. The molecular weight excluding hydrogens is 268 g/mol. The average molecular weight is 292 g/mol. The summed E-state index contributed by atoms with van der Waals surface area (Å²) >= 11 is 0. The van der Waals surface area contributed by atoms with Crippen molar-refractivity contribution in [2.24, 2.45) is 11.5 Å². The zero-order valence-electron chi connectivity index (χ0n) is 12.9. The quantitative estimate of drug-likeness (QED) is 0.593. The lowest BCUT2D eigenvalue weighted by molar-refractivity contribution is 0.744. The van der Waals surface area contributed by atoms with Gasteiger partial charge in [-0.25, -0.2) is 0 Å². The predicted molar refractivity (Wildman–Crippen MR) is 95.9 cm³/mol. The molecule has 0 aliphatic carbocycles. The third-order valence-corrected chi connectivity index (χ3v) is 3.53. The smallest absolute Gasteiger partial charge is 0.0352 e. The molecule has 0 aliphatic heterocycles. The second kappa shape index (κ2) is 8.85. The molecule has 0 fully saturated rings. The fourth-order valence-corrected chi connectivity index (χ4v) is 2.33. The molecule has 0 heterocycles. The van der Waals surface area contributed by atoms with Gasteiger partial charge in [-0.1, -0.05) is 60.7 Å². The Morgan fingerprint density at radius 1 is 0.773 bits per heavy atom. The van der Waals surface area contributed by atoms with Crippen molar-refractivity contribution < 1.29 is 0 Å². The van der Waals surface area contributed by atoms with E-state index in [0.29, 0.717) is 0 Å². The highest BCUT2D eigenvalue weighted by Gasteiger charge is 2.03. The number of hydrogen-bond donors (Lipinski definition) is 2. The van der Waals surface area contributed by atoms with E-state index >= 15 is 0 Å². The Kier molecular flexibility index (Phi) is 6.46. The van der Waals surface area contributed by atoms with Crippen LogP contribution in [0.2, 0.25) is 0 Å². The third kappa shape index (κ3) is 5.23. The van der Waals surface area contributed by atoms with Crippen LogP contribution in [0.5, 0.6) is 0 Å². The monoisotopic (exact) mass is 292 g/mol. The van der Waals surface area contributed by atoms with Gasteiger partial charge in [0, 0.05) is 5.70 Å². The Bertz CT molecular complexity index is 613. The maximum absolute atomic E-state index is 6.34. The van der Waals surface area contributed by atoms with Gasteiger partial charge >= 0.3 is 0 Å². The molecule has 0 atom stereocenters. The summed E-state index contributed by atoms with van der Waals surface area (Å²) in [4.78, 5) is 0. The first-order chi connectivity index (χ1) is 10.8. The fraction of sp³-hybridized carbons (Fsp3) is 0.200. The van der Waals surface area contributed by atoms with Crippen LogP contribution in [0.25, 0.3) is 12.2 Å². The van der Waals surface area contributed by atoms with Crippen molar-refractivity contribution in [3.05, 3.63) is 83.1 Å². The summed E-state index contributed by atoms with van der Waals surface area (Å²) in [5.41, 5.74) is 16.2. The topological polar surface area (TPSA) is 52.0 Å². The summed E-state index contributed by atoms with van der Waals surface area (Å²) in [6, 6.07) is 20.5. The molecule has 2 aromatic carbocycles. The number of benzene rings is 2. The molecule has 0 radical (unpaired) electrons. The summed E-state index contributed by atoms with van der Waals surface area (Å²) in [5, 5.41) is 0. The number of unbranched alkanes of at least 4 members (excludes halogenated alkanes) is 1. The highest BCUT2D eigenvalue weighted by atomic mass is 14.6. The van der Waals surface area contributed by atoms with Gasteiger partial charge in [-0.3, -0.25) is 0 Å². The minimum atomic E-state index is 0.723. The van der Waals surface area contributed by atoms with Gasteiger partial charge in [0.05, 0.1) is 0 Å². The molecule has 2 nitrogen and oxygen atoms in total. The molecule has 0 saturated carbocycles. The molecule has 0 amide bonds. The van der Waals surface area contributed by atoms with Crippen molar-refractivity contribution in [3.63, 3.8) is 0 Å². The van der Waals surface area contributed by atoms with Crippen LogP contribution in [0, 0.1) is 0 Å². The zero-order valence-corrected chi connectivity index (χ0v) is 12.9. The van der Waals surface area contributed by atoms with E-state index in [4.69, 9.17) is 11.5 Å². The zero-order chi connectivity index (χ0) is 15.6. The molecule has 0 aromatic heterocycles. The normalized spacial score (nSPS) is 12.4. The van der Waals surface area contributed by atoms with E-state index in [1.54, 1.807) is 0 Å². The largest absolute Gasteiger partial charge is 0.398 e. The highest BCUT2D eigenvalue weighted by Crippen LogP contribution is 2.19. The average Bonchev–Trinajstić information content (AvgIpc) is 2.56. The van der Waals surface area contributed by atoms with E-state index < -0.39 is 0 Å². The molecule has 2 aromatic rings. The Labute approximate surface area is 133 Å². The van der Waals surface area contributed by atoms with Crippen LogP contribution in [0.4, 0.5) is 0 Å². The van der Waals surface area contributed by atoms with Crippen molar-refractivity contribution in [2.45, 2.75) is 19.3 Å². The molecule has 114 valence electrons. The van der Waals surface area contributed by atoms with Gasteiger partial charge in [-0.05, 0) is 54.7 Å². The molecule has 0 bridgehead atoms. The lowest BCUT2D eigenvalue weighted by atomic mass is 10.0. The van der Waals surface area contributed by atoms with E-state index in [9.17, 15) is 0 Å². The second-order valence-electron chi connectivity index (χ2n) is 5.34. The van der Waals surface area contributed by atoms with Gasteiger partial charge < -0.3 is 11.5 Å². The molecule has 0 aliphatic rings. The Morgan fingerprint density at radius 3 is 1.86 bits per heavy atom. The standard InChI is InChI=1S/C20H24N2/c21-14-8-7-13-19(15-17-9-3-1-4-10-17)20(22)16-18-11-5-2-6-12-18/h1-6,9-12,15-16H,7-8,13-14,21-22H2. The summed E-state index contributed by atoms with van der Waals surface area (Å²) < 4.78 is 0. The number of nitrogens with two attached hydrogens (primary N) is 2. The van der Waals surface area contributed by atoms with E-state index in [-0.39, 0.29) is 0 Å². The molecule has 0 unspecified atom stereocenters. The summed E-state index contributed by atoms with van der Waals surface area (Å²) in [6.45, 7) is 0.723. The molecule has 22 heavy (non-hydrogen) atoms. The van der Waals surface area contributed by atoms with Crippen LogP contribution in [0.1, 0.15) is 30.4 Å². The van der Waals surface area contributed by atoms with E-state index in [1.165, 1.54) is 11.1 Å². The molecular formula is C20H24N2. The van der Waals surface area contributed by atoms with Crippen LogP contribution in [-0.4, -0.2) is 6.54 Å². The molecule has 4 N–H and O–H groups in total. The minimum absolute atomic E-state index is 0.723. The van der Waals surface area contributed by atoms with Crippen molar-refractivity contribution in [1.29, 1.82) is 0 Å². The lowest BCUT2D eigenvalue weighted by Crippen LogP contribution is -2.03. The number of allylic oxidation sites excluding steroid dienone is 1. The first kappa shape index (κ1) is 16.1. The van der Waals surface area contributed by atoms with Crippen molar-refractivity contribution in [3.8, 4) is 0 Å². The molecule has 2 rings (SSSR count). The van der Waals surface area contributed by atoms with Crippen LogP contribution in [-0.2, 0) is 0 Å². The fourth-order valence-electron chi connectivity index (χ4n) is 2.33. The lowest BCUT2D eigenvalue weighted by Gasteiger charge is -2.09. The van der Waals surface area contributed by atoms with Gasteiger partial charge in [0.25, 0.3) is 0 Å². The van der Waals surface area contributed by atoms with Crippen LogP contribution >= 0.6 is 0 Å². The minimum Gasteiger partial charge on any atom is -0.398 e. The second-order valence-corrected chi connectivity index (χ2v) is 5.34. The van der Waals surface area contributed by atoms with Crippen molar-refractivity contribution >= 4 is 12.2 Å². The Morgan fingerprint density at radius 2 is 1.32 bits per heavy atom. The van der Waals surface area contributed by atoms with Gasteiger partial charge in [-0.15, -0.1) is 0 Å². The first-order valence-corrected chi connectivity index (χ1v) is 7.78. The van der Waals surface area contributed by atoms with Gasteiger partial charge in [0.1, 0.15) is 0 Å². The SMILES string of the molecule is NCCCCC(=Cc1ccccc1)C(N)=Cc1ccccc1. The van der Waals surface area contributed by atoms with Crippen LogP contribution < -0.4 is 11.5 Å². The molecule has 2 heteroatoms. The predicted octanol–water partition coefficient (Wildman–Crippen LogP) is 4.20. The van der Waals surface area contributed by atoms with Crippen molar-refractivity contribution in [2.75, 3.05) is 6.54 Å². The first-order valence-electron chi connectivity index (χ1n) is 7.78. The molecule has 0 saturated heterocycles. The summed E-state index contributed by atoms with van der Waals surface area (Å²) in [6.07, 6.45) is 7.23. The Balaban J connectivity index is 2.23. The maximum Gasteiger partial charge on any atom is 0.0352 e. The third-order valence-electron chi connectivity index (χ3n) is 3.53. The van der Waals surface area contributed by atoms with E-state index in [0.717, 1.165) is 37.1 Å². The van der Waals surface area contributed by atoms with Crippen LogP contribution in [0.3, 0.4) is 0 Å². The highest BCUT2D eigenvalue weighted by molar-refractivity contribution is 5.65. The number of hydrogen-bond acceptors (Lipinski definition) is 2. The van der Waals surface area contributed by atoms with Gasteiger partial charge in [0.2, 0.25) is 0 Å². The van der Waals surface area contributed by atoms with E-state index in [1.807, 2.05) is 42.5 Å². The Hall–Kier alpha value is -2.32. The summed E-state index contributed by atoms with van der Waals surface area (Å²) in [7, 11) is 0. The summed E-state index contributed by atoms with van der Waals surface area (Å²) in [5.74, 6) is 0.